The van der Waals surface area contributed by atoms with Gasteiger partial charge in [-0.25, -0.2) is 0 Å². The van der Waals surface area contributed by atoms with Gasteiger partial charge >= 0.3 is 5.97 Å². The fourth-order valence-corrected chi connectivity index (χ4v) is 1.54. The summed E-state index contributed by atoms with van der Waals surface area (Å²) in [4.78, 5) is 10.9. The van der Waals surface area contributed by atoms with Crippen LogP contribution < -0.4 is 5.73 Å². The number of ether oxygens (including phenoxy) is 1. The molecule has 1 aromatic rings. The second-order valence-corrected chi connectivity index (χ2v) is 3.46. The minimum Gasteiger partial charge on any atom is -0.469 e. The van der Waals surface area contributed by atoms with Crippen LogP contribution in [0.25, 0.3) is 0 Å². The SMILES string of the molecule is COC(=O)CCC(N)c1c(C)noc1C. The third-order valence-electron chi connectivity index (χ3n) is 2.35. The average Bonchev–Trinajstić information content (AvgIpc) is 2.54. The van der Waals surface area contributed by atoms with Gasteiger partial charge in [0, 0.05) is 18.0 Å². The zero-order valence-corrected chi connectivity index (χ0v) is 9.24. The Balaban J connectivity index is 2.61. The summed E-state index contributed by atoms with van der Waals surface area (Å²) in [6.45, 7) is 3.65. The summed E-state index contributed by atoms with van der Waals surface area (Å²) in [5, 5.41) is 3.81. The van der Waals surface area contributed by atoms with Crippen molar-refractivity contribution in [2.24, 2.45) is 5.73 Å². The molecule has 0 radical (unpaired) electrons. The molecule has 84 valence electrons. The Labute approximate surface area is 88.6 Å². The molecule has 15 heavy (non-hydrogen) atoms. The molecule has 2 N–H and O–H groups in total. The van der Waals surface area contributed by atoms with Gasteiger partial charge in [0.1, 0.15) is 5.76 Å². The number of methoxy groups -OCH3 is 1. The van der Waals surface area contributed by atoms with Crippen LogP contribution in [0.2, 0.25) is 0 Å². The van der Waals surface area contributed by atoms with Crippen molar-refractivity contribution in [1.29, 1.82) is 0 Å². The van der Waals surface area contributed by atoms with Gasteiger partial charge in [0.05, 0.1) is 12.8 Å². The van der Waals surface area contributed by atoms with Gasteiger partial charge in [0.25, 0.3) is 0 Å². The summed E-state index contributed by atoms with van der Waals surface area (Å²) in [6.07, 6.45) is 0.845. The Morgan fingerprint density at radius 2 is 2.27 bits per heavy atom. The molecule has 1 unspecified atom stereocenters. The van der Waals surface area contributed by atoms with E-state index in [1.54, 1.807) is 0 Å². The smallest absolute Gasteiger partial charge is 0.305 e. The summed E-state index contributed by atoms with van der Waals surface area (Å²) < 4.78 is 9.55. The first kappa shape index (κ1) is 11.7. The Morgan fingerprint density at radius 1 is 1.60 bits per heavy atom. The van der Waals surface area contributed by atoms with E-state index in [1.165, 1.54) is 7.11 Å². The number of rotatable bonds is 4. The second kappa shape index (κ2) is 4.93. The van der Waals surface area contributed by atoms with Gasteiger partial charge in [-0.05, 0) is 20.3 Å². The molecule has 1 aromatic heterocycles. The zero-order chi connectivity index (χ0) is 11.4. The highest BCUT2D eigenvalue weighted by Gasteiger charge is 2.17. The summed E-state index contributed by atoms with van der Waals surface area (Å²) in [5.41, 5.74) is 7.61. The highest BCUT2D eigenvalue weighted by molar-refractivity contribution is 5.69. The third-order valence-corrected chi connectivity index (χ3v) is 2.35. The Bertz CT molecular complexity index is 327. The molecule has 1 rings (SSSR count). The van der Waals surface area contributed by atoms with E-state index in [9.17, 15) is 4.79 Å². The molecule has 0 saturated heterocycles. The van der Waals surface area contributed by atoms with E-state index in [0.29, 0.717) is 18.6 Å². The van der Waals surface area contributed by atoms with Crippen molar-refractivity contribution in [3.8, 4) is 0 Å². The maximum Gasteiger partial charge on any atom is 0.305 e. The van der Waals surface area contributed by atoms with Crippen molar-refractivity contribution in [2.75, 3.05) is 7.11 Å². The molecule has 0 saturated carbocycles. The van der Waals surface area contributed by atoms with Gasteiger partial charge in [0.15, 0.2) is 0 Å². The number of nitrogens with zero attached hydrogens (tertiary/aromatic N) is 1. The van der Waals surface area contributed by atoms with Crippen molar-refractivity contribution in [1.82, 2.24) is 5.16 Å². The molecule has 0 aromatic carbocycles. The lowest BCUT2D eigenvalue weighted by Gasteiger charge is -2.09. The average molecular weight is 212 g/mol. The summed E-state index contributed by atoms with van der Waals surface area (Å²) in [7, 11) is 1.36. The van der Waals surface area contributed by atoms with Gasteiger partial charge in [-0.1, -0.05) is 5.16 Å². The van der Waals surface area contributed by atoms with Gasteiger partial charge in [-0.15, -0.1) is 0 Å². The molecular formula is C10H16N2O3. The number of carbonyl (C=O) groups excluding carboxylic acids is 1. The van der Waals surface area contributed by atoms with Gasteiger partial charge in [-0.3, -0.25) is 4.79 Å². The van der Waals surface area contributed by atoms with Crippen molar-refractivity contribution in [2.45, 2.75) is 32.7 Å². The molecule has 0 aliphatic rings. The lowest BCUT2D eigenvalue weighted by atomic mass is 10.0. The van der Waals surface area contributed by atoms with E-state index >= 15 is 0 Å². The van der Waals surface area contributed by atoms with Crippen LogP contribution in [-0.4, -0.2) is 18.2 Å². The van der Waals surface area contributed by atoms with Gasteiger partial charge < -0.3 is 15.0 Å². The molecule has 0 fully saturated rings. The lowest BCUT2D eigenvalue weighted by molar-refractivity contribution is -0.140. The zero-order valence-electron chi connectivity index (χ0n) is 9.24. The number of hydrogen-bond donors (Lipinski definition) is 1. The maximum absolute atomic E-state index is 10.9. The minimum atomic E-state index is -0.253. The molecule has 0 spiro atoms. The highest BCUT2D eigenvalue weighted by atomic mass is 16.5. The molecule has 0 amide bonds. The topological polar surface area (TPSA) is 78.4 Å². The van der Waals surface area contributed by atoms with Crippen LogP contribution in [0.5, 0.6) is 0 Å². The number of nitrogens with two attached hydrogens (primary N) is 1. The number of carbonyl (C=O) groups is 1. The van der Waals surface area contributed by atoms with E-state index in [4.69, 9.17) is 10.3 Å². The standard InChI is InChI=1S/C10H16N2O3/c1-6-10(7(2)15-12-6)8(11)4-5-9(13)14-3/h8H,4-5,11H2,1-3H3. The monoisotopic (exact) mass is 212 g/mol. The molecule has 5 nitrogen and oxygen atoms in total. The van der Waals surface area contributed by atoms with Crippen molar-refractivity contribution >= 4 is 5.97 Å². The van der Waals surface area contributed by atoms with E-state index in [1.807, 2.05) is 13.8 Å². The summed E-state index contributed by atoms with van der Waals surface area (Å²) in [5.74, 6) is 0.460. The first-order valence-electron chi connectivity index (χ1n) is 4.81. The van der Waals surface area contributed by atoms with Gasteiger partial charge in [-0.2, -0.15) is 0 Å². The number of aromatic nitrogens is 1. The van der Waals surface area contributed by atoms with Crippen molar-refractivity contribution in [3.05, 3.63) is 17.0 Å². The molecule has 5 heteroatoms. The molecular weight excluding hydrogens is 196 g/mol. The molecule has 0 aliphatic heterocycles. The molecule has 0 bridgehead atoms. The normalized spacial score (nSPS) is 12.5. The maximum atomic E-state index is 10.9. The second-order valence-electron chi connectivity index (χ2n) is 3.46. The minimum absolute atomic E-state index is 0.227. The predicted octanol–water partition coefficient (Wildman–Crippen LogP) is 1.24. The first-order chi connectivity index (χ1) is 7.06. The van der Waals surface area contributed by atoms with Crippen LogP contribution in [0.4, 0.5) is 0 Å². The number of hydrogen-bond acceptors (Lipinski definition) is 5. The summed E-state index contributed by atoms with van der Waals surface area (Å²) in [6, 6.07) is -0.227. The van der Waals surface area contributed by atoms with Crippen LogP contribution in [-0.2, 0) is 9.53 Å². The van der Waals surface area contributed by atoms with Crippen LogP contribution in [0, 0.1) is 13.8 Å². The molecule has 1 atom stereocenters. The largest absolute Gasteiger partial charge is 0.469 e. The van der Waals surface area contributed by atoms with Crippen LogP contribution in [0.3, 0.4) is 0 Å². The predicted molar refractivity (Wildman–Crippen MR) is 54.2 cm³/mol. The van der Waals surface area contributed by atoms with Crippen LogP contribution >= 0.6 is 0 Å². The molecule has 0 aliphatic carbocycles. The van der Waals surface area contributed by atoms with Gasteiger partial charge in [0.2, 0.25) is 0 Å². The third kappa shape index (κ3) is 2.79. The van der Waals surface area contributed by atoms with E-state index in [2.05, 4.69) is 9.89 Å². The summed E-state index contributed by atoms with van der Waals surface area (Å²) >= 11 is 0. The Morgan fingerprint density at radius 3 is 2.73 bits per heavy atom. The van der Waals surface area contributed by atoms with E-state index < -0.39 is 0 Å². The van der Waals surface area contributed by atoms with Crippen molar-refractivity contribution < 1.29 is 14.1 Å². The van der Waals surface area contributed by atoms with Crippen molar-refractivity contribution in [3.63, 3.8) is 0 Å². The molecule has 1 heterocycles. The number of esters is 1. The fraction of sp³-hybridized carbons (Fsp3) is 0.600. The Kier molecular flexibility index (Phi) is 3.85. The quantitative estimate of drug-likeness (QED) is 0.760. The van der Waals surface area contributed by atoms with Crippen LogP contribution in [0.15, 0.2) is 4.52 Å². The highest BCUT2D eigenvalue weighted by Crippen LogP contribution is 2.22. The number of aryl methyl sites for hydroxylation is 2. The van der Waals surface area contributed by atoms with E-state index in [0.717, 1.165) is 11.3 Å². The lowest BCUT2D eigenvalue weighted by Crippen LogP contribution is -2.14. The van der Waals surface area contributed by atoms with E-state index in [-0.39, 0.29) is 12.0 Å². The Hall–Kier alpha value is -1.36. The van der Waals surface area contributed by atoms with Crippen LogP contribution in [0.1, 0.15) is 35.9 Å². The fourth-order valence-electron chi connectivity index (χ4n) is 1.54. The first-order valence-corrected chi connectivity index (χ1v) is 4.81.